The van der Waals surface area contributed by atoms with Crippen LogP contribution < -0.4 is 0 Å². The smallest absolute Gasteiger partial charge is 0.164 e. The molecule has 4 heteroatoms. The van der Waals surface area contributed by atoms with Crippen LogP contribution in [0.2, 0.25) is 0 Å². The highest BCUT2D eigenvalue weighted by Gasteiger charge is 2.18. The lowest BCUT2D eigenvalue weighted by Crippen LogP contribution is -2.00. The first kappa shape index (κ1) is 32.2. The van der Waals surface area contributed by atoms with Crippen LogP contribution in [0.25, 0.3) is 95.0 Å². The molecule has 0 radical (unpaired) electrons. The molecule has 10 aromatic rings. The van der Waals surface area contributed by atoms with Crippen LogP contribution >= 0.6 is 0 Å². The molecule has 2 aromatic heterocycles. The van der Waals surface area contributed by atoms with Crippen LogP contribution in [-0.4, -0.2) is 19.5 Å². The number of hydrogen-bond acceptors (Lipinski definition) is 3. The van der Waals surface area contributed by atoms with Crippen molar-refractivity contribution in [2.24, 2.45) is 0 Å². The van der Waals surface area contributed by atoms with Gasteiger partial charge in [0.1, 0.15) is 0 Å². The highest BCUT2D eigenvalue weighted by molar-refractivity contribution is 6.16. The van der Waals surface area contributed by atoms with E-state index in [1.807, 2.05) is 60.7 Å². The lowest BCUT2D eigenvalue weighted by Gasteiger charge is -2.12. The molecule has 0 amide bonds. The first-order valence-electron chi connectivity index (χ1n) is 18.5. The predicted molar refractivity (Wildman–Crippen MR) is 227 cm³/mol. The molecular weight excluding hydrogens is 669 g/mol. The first-order valence-corrected chi connectivity index (χ1v) is 18.5. The summed E-state index contributed by atoms with van der Waals surface area (Å²) in [6.07, 6.45) is 0. The van der Waals surface area contributed by atoms with Gasteiger partial charge < -0.3 is 4.57 Å². The van der Waals surface area contributed by atoms with Crippen molar-refractivity contribution in [3.05, 3.63) is 206 Å². The third-order valence-corrected chi connectivity index (χ3v) is 10.2. The fourth-order valence-electron chi connectivity index (χ4n) is 7.64. The van der Waals surface area contributed by atoms with Gasteiger partial charge in [-0.3, -0.25) is 0 Å². The van der Waals surface area contributed by atoms with E-state index < -0.39 is 0 Å². The molecule has 0 atom stereocenters. The van der Waals surface area contributed by atoms with Crippen molar-refractivity contribution in [3.8, 4) is 73.2 Å². The summed E-state index contributed by atoms with van der Waals surface area (Å²) in [5.41, 5.74) is 13.3. The van der Waals surface area contributed by atoms with E-state index in [4.69, 9.17) is 15.0 Å². The van der Waals surface area contributed by atoms with Gasteiger partial charge in [-0.1, -0.05) is 170 Å². The number of rotatable bonds is 7. The van der Waals surface area contributed by atoms with Crippen LogP contribution in [0.15, 0.2) is 206 Å². The van der Waals surface area contributed by atoms with Gasteiger partial charge in [-0.2, -0.15) is 0 Å². The quantitative estimate of drug-likeness (QED) is 0.166. The molecule has 0 fully saturated rings. The minimum absolute atomic E-state index is 0.636. The van der Waals surface area contributed by atoms with Crippen LogP contribution in [0.5, 0.6) is 0 Å². The predicted octanol–water partition coefficient (Wildman–Crippen LogP) is 13.0. The van der Waals surface area contributed by atoms with Gasteiger partial charge >= 0.3 is 0 Å². The van der Waals surface area contributed by atoms with E-state index in [2.05, 4.69) is 150 Å². The first-order chi connectivity index (χ1) is 27.3. The lowest BCUT2D eigenvalue weighted by atomic mass is 9.97. The maximum absolute atomic E-state index is 5.02. The standard InChI is InChI=1S/C51H34N4/c1-4-16-35(17-5-1)38-22-12-23-39(32-38)40-24-14-27-43(34-40)55-46-30-11-10-28-45(46)48-44(29-15-31-47(48)55)41-25-13-26-42(33-41)51-53-49(36-18-6-2-7-19-36)52-50(54-51)37-20-8-3-9-21-37/h1-34H. The van der Waals surface area contributed by atoms with Crippen LogP contribution in [0.3, 0.4) is 0 Å². The Morgan fingerprint density at radius 3 is 1.40 bits per heavy atom. The zero-order valence-electron chi connectivity index (χ0n) is 29.9. The van der Waals surface area contributed by atoms with Crippen molar-refractivity contribution in [1.29, 1.82) is 0 Å². The minimum Gasteiger partial charge on any atom is -0.309 e. The van der Waals surface area contributed by atoms with Gasteiger partial charge in [0.25, 0.3) is 0 Å². The van der Waals surface area contributed by atoms with E-state index in [0.717, 1.165) is 44.5 Å². The van der Waals surface area contributed by atoms with Crippen molar-refractivity contribution in [2.75, 3.05) is 0 Å². The van der Waals surface area contributed by atoms with Crippen LogP contribution in [-0.2, 0) is 0 Å². The molecule has 0 aliphatic carbocycles. The van der Waals surface area contributed by atoms with Crippen LogP contribution in [0, 0.1) is 0 Å². The van der Waals surface area contributed by atoms with E-state index in [1.165, 1.54) is 33.0 Å². The average Bonchev–Trinajstić information content (AvgIpc) is 3.62. The van der Waals surface area contributed by atoms with Crippen molar-refractivity contribution >= 4 is 21.8 Å². The summed E-state index contributed by atoms with van der Waals surface area (Å²) in [4.78, 5) is 14.9. The van der Waals surface area contributed by atoms with E-state index in [0.29, 0.717) is 17.5 Å². The van der Waals surface area contributed by atoms with E-state index in [-0.39, 0.29) is 0 Å². The molecule has 0 aliphatic rings. The molecule has 0 saturated heterocycles. The maximum Gasteiger partial charge on any atom is 0.164 e. The van der Waals surface area contributed by atoms with Crippen molar-refractivity contribution < 1.29 is 0 Å². The molecule has 4 nitrogen and oxygen atoms in total. The zero-order valence-corrected chi connectivity index (χ0v) is 29.9. The highest BCUT2D eigenvalue weighted by atomic mass is 15.0. The Morgan fingerprint density at radius 1 is 0.291 bits per heavy atom. The Morgan fingerprint density at radius 2 is 0.727 bits per heavy atom. The number of nitrogens with zero attached hydrogens (tertiary/aromatic N) is 4. The third kappa shape index (κ3) is 6.06. The Bertz CT molecular complexity index is 2910. The van der Waals surface area contributed by atoms with Gasteiger partial charge in [0, 0.05) is 33.2 Å². The Labute approximate surface area is 319 Å². The number of aromatic nitrogens is 4. The Kier molecular flexibility index (Phi) is 8.12. The van der Waals surface area contributed by atoms with Gasteiger partial charge in [-0.05, 0) is 69.8 Å². The summed E-state index contributed by atoms with van der Waals surface area (Å²) >= 11 is 0. The Hall–Kier alpha value is -7.43. The number of benzene rings is 8. The molecule has 8 aromatic carbocycles. The molecule has 2 heterocycles. The molecular formula is C51H34N4. The molecule has 0 unspecified atom stereocenters. The number of fused-ring (bicyclic) bond motifs is 3. The normalized spacial score (nSPS) is 11.3. The van der Waals surface area contributed by atoms with Gasteiger partial charge in [-0.25, -0.2) is 15.0 Å². The molecule has 0 bridgehead atoms. The maximum atomic E-state index is 5.02. The van der Waals surface area contributed by atoms with Crippen LogP contribution in [0.4, 0.5) is 0 Å². The molecule has 258 valence electrons. The zero-order chi connectivity index (χ0) is 36.6. The van der Waals surface area contributed by atoms with Crippen molar-refractivity contribution in [1.82, 2.24) is 19.5 Å². The third-order valence-electron chi connectivity index (χ3n) is 10.2. The summed E-state index contributed by atoms with van der Waals surface area (Å²) < 4.78 is 2.40. The summed E-state index contributed by atoms with van der Waals surface area (Å²) in [7, 11) is 0. The second kappa shape index (κ2) is 13.8. The van der Waals surface area contributed by atoms with Gasteiger partial charge in [0.15, 0.2) is 17.5 Å². The second-order valence-electron chi connectivity index (χ2n) is 13.7. The van der Waals surface area contributed by atoms with Crippen molar-refractivity contribution in [3.63, 3.8) is 0 Å². The Balaban J connectivity index is 1.10. The summed E-state index contributed by atoms with van der Waals surface area (Å²) in [5.74, 6) is 1.93. The molecule has 0 saturated carbocycles. The fraction of sp³-hybridized carbons (Fsp3) is 0. The summed E-state index contributed by atoms with van der Waals surface area (Å²) in [6.45, 7) is 0. The van der Waals surface area contributed by atoms with Gasteiger partial charge in [0.2, 0.25) is 0 Å². The van der Waals surface area contributed by atoms with Crippen molar-refractivity contribution in [2.45, 2.75) is 0 Å². The number of para-hydroxylation sites is 1. The fourth-order valence-corrected chi connectivity index (χ4v) is 7.64. The minimum atomic E-state index is 0.636. The highest BCUT2D eigenvalue weighted by Crippen LogP contribution is 2.40. The molecule has 10 rings (SSSR count). The monoisotopic (exact) mass is 702 g/mol. The summed E-state index contributed by atoms with van der Waals surface area (Å²) in [5, 5.41) is 2.41. The molecule has 55 heavy (non-hydrogen) atoms. The number of hydrogen-bond donors (Lipinski definition) is 0. The van der Waals surface area contributed by atoms with Crippen LogP contribution in [0.1, 0.15) is 0 Å². The van der Waals surface area contributed by atoms with E-state index in [1.54, 1.807) is 0 Å². The average molecular weight is 703 g/mol. The summed E-state index contributed by atoms with van der Waals surface area (Å²) in [6, 6.07) is 72.4. The van der Waals surface area contributed by atoms with Gasteiger partial charge in [-0.15, -0.1) is 0 Å². The second-order valence-corrected chi connectivity index (χ2v) is 13.7. The van der Waals surface area contributed by atoms with Gasteiger partial charge in [0.05, 0.1) is 11.0 Å². The van der Waals surface area contributed by atoms with E-state index >= 15 is 0 Å². The molecule has 0 aliphatic heterocycles. The molecule has 0 N–H and O–H groups in total. The van der Waals surface area contributed by atoms with E-state index in [9.17, 15) is 0 Å². The topological polar surface area (TPSA) is 43.6 Å². The molecule has 0 spiro atoms. The lowest BCUT2D eigenvalue weighted by molar-refractivity contribution is 1.07. The SMILES string of the molecule is c1ccc(-c2cccc(-c3cccc(-n4c5ccccc5c5c(-c6cccc(-c7nc(-c8ccccc8)nc(-c8ccccc8)n7)c6)cccc54)c3)c2)cc1. The largest absolute Gasteiger partial charge is 0.309 e.